The van der Waals surface area contributed by atoms with Gasteiger partial charge in [0, 0.05) is 23.3 Å². The van der Waals surface area contributed by atoms with E-state index in [0.717, 1.165) is 10.4 Å². The summed E-state index contributed by atoms with van der Waals surface area (Å²) in [6.07, 6.45) is 1.79. The summed E-state index contributed by atoms with van der Waals surface area (Å²) in [7, 11) is 0. The second kappa shape index (κ2) is 9.52. The van der Waals surface area contributed by atoms with Crippen molar-refractivity contribution in [3.05, 3.63) is 89.3 Å². The van der Waals surface area contributed by atoms with Gasteiger partial charge in [-0.3, -0.25) is 20.4 Å². The summed E-state index contributed by atoms with van der Waals surface area (Å²) < 4.78 is 31.7. The Morgan fingerprint density at radius 1 is 0.875 bits per heavy atom. The van der Waals surface area contributed by atoms with Crippen molar-refractivity contribution >= 4 is 23.2 Å². The Morgan fingerprint density at radius 3 is 2.22 bits per heavy atom. The maximum atomic E-state index is 13.1. The van der Waals surface area contributed by atoms with Crippen molar-refractivity contribution in [2.75, 3.05) is 0 Å². The summed E-state index contributed by atoms with van der Waals surface area (Å²) in [5, 5.41) is 0. The fourth-order valence-electron chi connectivity index (χ4n) is 2.87. The molecule has 32 heavy (non-hydrogen) atoms. The van der Waals surface area contributed by atoms with Gasteiger partial charge in [0.1, 0.15) is 11.6 Å². The van der Waals surface area contributed by atoms with Gasteiger partial charge in [-0.25, -0.2) is 13.8 Å². The molecule has 0 unspecified atom stereocenters. The summed E-state index contributed by atoms with van der Waals surface area (Å²) in [6, 6.07) is 15.2. The summed E-state index contributed by atoms with van der Waals surface area (Å²) in [4.78, 5) is 29.7. The Bertz CT molecular complexity index is 1230. The lowest BCUT2D eigenvalue weighted by molar-refractivity contribution is -0.121. The van der Waals surface area contributed by atoms with E-state index in [2.05, 4.69) is 15.8 Å². The molecular weight excluding hydrogens is 436 g/mol. The maximum Gasteiger partial charge on any atom is 0.279 e. The van der Waals surface area contributed by atoms with Gasteiger partial charge < -0.3 is 4.42 Å². The van der Waals surface area contributed by atoms with E-state index in [1.807, 2.05) is 0 Å². The number of hydrazine groups is 1. The lowest BCUT2D eigenvalue weighted by Gasteiger charge is -2.05. The van der Waals surface area contributed by atoms with Crippen molar-refractivity contribution in [2.45, 2.75) is 12.8 Å². The molecule has 162 valence electrons. The van der Waals surface area contributed by atoms with Gasteiger partial charge in [-0.05, 0) is 54.1 Å². The number of rotatable bonds is 6. The van der Waals surface area contributed by atoms with E-state index in [4.69, 9.17) is 4.42 Å². The zero-order valence-electron chi connectivity index (χ0n) is 16.6. The average molecular weight is 453 g/mol. The van der Waals surface area contributed by atoms with Crippen molar-refractivity contribution in [3.8, 4) is 21.8 Å². The van der Waals surface area contributed by atoms with Crippen LogP contribution in [0.2, 0.25) is 0 Å². The molecule has 0 radical (unpaired) electrons. The monoisotopic (exact) mass is 453 g/mol. The molecule has 6 nitrogen and oxygen atoms in total. The molecule has 0 aliphatic heterocycles. The van der Waals surface area contributed by atoms with E-state index in [9.17, 15) is 18.4 Å². The fraction of sp³-hybridized carbons (Fsp3) is 0.0870. The number of hydrogen-bond acceptors (Lipinski definition) is 5. The number of oxazole rings is 1. The van der Waals surface area contributed by atoms with Crippen LogP contribution >= 0.6 is 11.3 Å². The molecule has 4 rings (SSSR count). The van der Waals surface area contributed by atoms with Crippen molar-refractivity contribution in [3.63, 3.8) is 0 Å². The molecule has 0 saturated carbocycles. The van der Waals surface area contributed by atoms with Crippen LogP contribution in [0.4, 0.5) is 8.78 Å². The van der Waals surface area contributed by atoms with E-state index in [-0.39, 0.29) is 24.5 Å². The summed E-state index contributed by atoms with van der Waals surface area (Å²) in [5.74, 6) is -0.707. The molecule has 2 amide bonds. The minimum absolute atomic E-state index is 0.0505. The fourth-order valence-corrected chi connectivity index (χ4v) is 3.78. The zero-order chi connectivity index (χ0) is 22.5. The highest BCUT2D eigenvalue weighted by Gasteiger charge is 2.13. The predicted octanol–water partition coefficient (Wildman–Crippen LogP) is 4.74. The number of nitrogens with zero attached hydrogens (tertiary/aromatic N) is 1. The van der Waals surface area contributed by atoms with Crippen molar-refractivity contribution in [2.24, 2.45) is 0 Å². The van der Waals surface area contributed by atoms with Crippen LogP contribution in [-0.4, -0.2) is 16.8 Å². The van der Waals surface area contributed by atoms with E-state index >= 15 is 0 Å². The molecule has 2 N–H and O–H groups in total. The molecule has 0 aliphatic carbocycles. The molecule has 2 heterocycles. The minimum atomic E-state index is -0.452. The lowest BCUT2D eigenvalue weighted by atomic mass is 10.2. The first-order chi connectivity index (χ1) is 15.5. The highest BCUT2D eigenvalue weighted by molar-refractivity contribution is 7.17. The van der Waals surface area contributed by atoms with Gasteiger partial charge in [0.2, 0.25) is 5.91 Å². The van der Waals surface area contributed by atoms with E-state index in [1.54, 1.807) is 36.4 Å². The number of nitrogens with one attached hydrogen (secondary N) is 2. The number of carbonyl (C=O) groups is 2. The van der Waals surface area contributed by atoms with Gasteiger partial charge >= 0.3 is 0 Å². The van der Waals surface area contributed by atoms with Crippen LogP contribution < -0.4 is 10.9 Å². The summed E-state index contributed by atoms with van der Waals surface area (Å²) in [6.45, 7) is 0. The number of amides is 2. The molecular formula is C23H17F2N3O3S. The van der Waals surface area contributed by atoms with Crippen LogP contribution in [0.3, 0.4) is 0 Å². The summed E-state index contributed by atoms with van der Waals surface area (Å²) in [5.41, 5.74) is 6.21. The maximum absolute atomic E-state index is 13.1. The number of carbonyl (C=O) groups excluding carboxylic acids is 2. The first-order valence-electron chi connectivity index (χ1n) is 9.63. The smallest absolute Gasteiger partial charge is 0.279 e. The number of thiophene rings is 1. The molecule has 4 aromatic rings. The molecule has 0 atom stereocenters. The number of benzene rings is 2. The Morgan fingerprint density at radius 2 is 1.53 bits per heavy atom. The SMILES string of the molecule is O=C(CCc1ncc(-c2ccc(F)cc2)o1)NNC(=O)c1ccc(-c2ccc(F)cc2)s1. The quantitative estimate of drug-likeness (QED) is 0.413. The van der Waals surface area contributed by atoms with E-state index in [1.165, 1.54) is 41.8 Å². The van der Waals surface area contributed by atoms with Crippen LogP contribution in [0.1, 0.15) is 22.0 Å². The van der Waals surface area contributed by atoms with Gasteiger partial charge in [0.05, 0.1) is 11.1 Å². The third-order valence-corrected chi connectivity index (χ3v) is 5.66. The molecule has 0 bridgehead atoms. The van der Waals surface area contributed by atoms with Gasteiger partial charge in [-0.15, -0.1) is 11.3 Å². The van der Waals surface area contributed by atoms with Gasteiger partial charge in [-0.1, -0.05) is 12.1 Å². The van der Waals surface area contributed by atoms with Crippen LogP contribution in [-0.2, 0) is 11.2 Å². The molecule has 0 saturated heterocycles. The predicted molar refractivity (Wildman–Crippen MR) is 116 cm³/mol. The second-order valence-electron chi connectivity index (χ2n) is 6.80. The summed E-state index contributed by atoms with van der Waals surface area (Å²) >= 11 is 1.23. The number of aryl methyl sites for hydroxylation is 1. The van der Waals surface area contributed by atoms with Crippen LogP contribution in [0, 0.1) is 11.6 Å². The Hall–Kier alpha value is -3.85. The minimum Gasteiger partial charge on any atom is -0.441 e. The highest BCUT2D eigenvalue weighted by atomic mass is 32.1. The third kappa shape index (κ3) is 5.25. The average Bonchev–Trinajstić information content (AvgIpc) is 3.47. The molecule has 9 heteroatoms. The molecule has 0 fully saturated rings. The van der Waals surface area contributed by atoms with Crippen molar-refractivity contribution in [1.82, 2.24) is 15.8 Å². The van der Waals surface area contributed by atoms with Gasteiger partial charge in [0.25, 0.3) is 5.91 Å². The van der Waals surface area contributed by atoms with Crippen LogP contribution in [0.15, 0.2) is 71.3 Å². The highest BCUT2D eigenvalue weighted by Crippen LogP contribution is 2.28. The Balaban J connectivity index is 1.26. The Kier molecular flexibility index (Phi) is 6.37. The van der Waals surface area contributed by atoms with Crippen molar-refractivity contribution in [1.29, 1.82) is 0 Å². The standard InChI is InChI=1S/C23H17F2N3O3S/c24-16-5-1-14(2-6-16)18-13-26-22(31-18)12-11-21(29)27-28-23(30)20-10-9-19(32-20)15-3-7-17(25)8-4-15/h1-10,13H,11-12H2,(H,27,29)(H,28,30). The molecule has 0 aliphatic rings. The largest absolute Gasteiger partial charge is 0.441 e. The van der Waals surface area contributed by atoms with Gasteiger partial charge in [-0.2, -0.15) is 0 Å². The first-order valence-corrected chi connectivity index (χ1v) is 10.5. The molecule has 0 spiro atoms. The normalized spacial score (nSPS) is 10.7. The van der Waals surface area contributed by atoms with E-state index < -0.39 is 11.8 Å². The molecule has 2 aromatic carbocycles. The third-order valence-electron chi connectivity index (χ3n) is 4.52. The van der Waals surface area contributed by atoms with E-state index in [0.29, 0.717) is 22.1 Å². The Labute approximate surface area is 185 Å². The molecule has 2 aromatic heterocycles. The number of hydrogen-bond donors (Lipinski definition) is 2. The lowest BCUT2D eigenvalue weighted by Crippen LogP contribution is -2.41. The second-order valence-corrected chi connectivity index (χ2v) is 7.88. The number of aromatic nitrogens is 1. The number of halogens is 2. The zero-order valence-corrected chi connectivity index (χ0v) is 17.4. The first kappa shape index (κ1) is 21.4. The van der Waals surface area contributed by atoms with Gasteiger partial charge in [0.15, 0.2) is 11.7 Å². The van der Waals surface area contributed by atoms with Crippen molar-refractivity contribution < 1.29 is 22.8 Å². The van der Waals surface area contributed by atoms with Crippen LogP contribution in [0.25, 0.3) is 21.8 Å². The topological polar surface area (TPSA) is 84.2 Å². The van der Waals surface area contributed by atoms with Crippen LogP contribution in [0.5, 0.6) is 0 Å².